The number of carbonyl (C=O) groups is 2. The Morgan fingerprint density at radius 3 is 2.52 bits per heavy atom. The van der Waals surface area contributed by atoms with Gasteiger partial charge in [-0.1, -0.05) is 11.6 Å². The second-order valence-electron chi connectivity index (χ2n) is 5.10. The molecule has 0 radical (unpaired) electrons. The molecular formula is C14H21ClN4O2. The van der Waals surface area contributed by atoms with Crippen LogP contribution in [-0.2, 0) is 9.59 Å². The van der Waals surface area contributed by atoms with Gasteiger partial charge in [0.05, 0.1) is 24.0 Å². The number of hydrogen-bond acceptors (Lipinski definition) is 4. The number of nitrogen functional groups attached to an aromatic ring is 1. The van der Waals surface area contributed by atoms with Crippen LogP contribution in [0.4, 0.5) is 11.4 Å². The van der Waals surface area contributed by atoms with E-state index < -0.39 is 6.04 Å². The van der Waals surface area contributed by atoms with Gasteiger partial charge in [-0.3, -0.25) is 14.5 Å². The fourth-order valence-electron chi connectivity index (χ4n) is 1.57. The molecule has 0 spiro atoms. The Morgan fingerprint density at radius 1 is 1.33 bits per heavy atom. The Bertz CT molecular complexity index is 534. The zero-order valence-corrected chi connectivity index (χ0v) is 13.4. The predicted molar refractivity (Wildman–Crippen MR) is 85.3 cm³/mol. The minimum atomic E-state index is -0.479. The van der Waals surface area contributed by atoms with Gasteiger partial charge in [0.2, 0.25) is 11.8 Å². The molecule has 0 aliphatic carbocycles. The third-order valence-electron chi connectivity index (χ3n) is 3.20. The van der Waals surface area contributed by atoms with Gasteiger partial charge in [0, 0.05) is 19.1 Å². The van der Waals surface area contributed by atoms with Crippen molar-refractivity contribution in [3.63, 3.8) is 0 Å². The van der Waals surface area contributed by atoms with E-state index in [4.69, 9.17) is 17.3 Å². The normalized spacial score (nSPS) is 12.1. The molecule has 1 atom stereocenters. The summed E-state index contributed by atoms with van der Waals surface area (Å²) in [6, 6.07) is 4.39. The van der Waals surface area contributed by atoms with E-state index in [2.05, 4.69) is 5.32 Å². The van der Waals surface area contributed by atoms with Crippen molar-refractivity contribution in [1.29, 1.82) is 0 Å². The summed E-state index contributed by atoms with van der Waals surface area (Å²) in [5.41, 5.74) is 6.69. The minimum Gasteiger partial charge on any atom is -0.397 e. The summed E-state index contributed by atoms with van der Waals surface area (Å²) in [6.07, 6.45) is 0. The van der Waals surface area contributed by atoms with Crippen molar-refractivity contribution in [1.82, 2.24) is 9.80 Å². The van der Waals surface area contributed by atoms with Gasteiger partial charge in [-0.25, -0.2) is 0 Å². The molecule has 0 aromatic heterocycles. The van der Waals surface area contributed by atoms with Crippen LogP contribution in [0.1, 0.15) is 6.92 Å². The van der Waals surface area contributed by atoms with Crippen molar-refractivity contribution in [3.05, 3.63) is 23.2 Å². The molecule has 0 aliphatic rings. The molecule has 0 saturated heterocycles. The minimum absolute atomic E-state index is 0.0700. The van der Waals surface area contributed by atoms with E-state index in [1.807, 2.05) is 0 Å². The second kappa shape index (κ2) is 7.28. The standard InChI is InChI=1S/C14H21ClN4O2/c1-9(19(4)8-13(20)18(2)3)14(21)17-12-7-10(15)5-6-11(12)16/h5-7,9H,8,16H2,1-4H3,(H,17,21). The van der Waals surface area contributed by atoms with Crippen molar-refractivity contribution >= 4 is 34.8 Å². The number of likely N-dealkylation sites (N-methyl/N-ethyl adjacent to an activating group) is 2. The Balaban J connectivity index is 2.70. The van der Waals surface area contributed by atoms with Gasteiger partial charge < -0.3 is 16.0 Å². The molecule has 1 unspecified atom stereocenters. The molecule has 2 amide bonds. The predicted octanol–water partition coefficient (Wildman–Crippen LogP) is 1.27. The summed E-state index contributed by atoms with van der Waals surface area (Å²) in [5.74, 6) is -0.322. The fourth-order valence-corrected chi connectivity index (χ4v) is 1.74. The van der Waals surface area contributed by atoms with Gasteiger partial charge in [0.25, 0.3) is 0 Å². The number of rotatable bonds is 5. The van der Waals surface area contributed by atoms with E-state index in [0.29, 0.717) is 16.4 Å². The Labute approximate surface area is 129 Å². The Hall–Kier alpha value is -1.79. The maximum Gasteiger partial charge on any atom is 0.241 e. The van der Waals surface area contributed by atoms with Crippen molar-refractivity contribution in [2.75, 3.05) is 38.7 Å². The van der Waals surface area contributed by atoms with E-state index in [-0.39, 0.29) is 18.4 Å². The number of amides is 2. The average Bonchev–Trinajstić information content (AvgIpc) is 2.41. The third-order valence-corrected chi connectivity index (χ3v) is 3.43. The highest BCUT2D eigenvalue weighted by Crippen LogP contribution is 2.23. The van der Waals surface area contributed by atoms with Gasteiger partial charge in [-0.2, -0.15) is 0 Å². The molecule has 1 aromatic rings. The van der Waals surface area contributed by atoms with Crippen LogP contribution in [0.3, 0.4) is 0 Å². The van der Waals surface area contributed by atoms with E-state index >= 15 is 0 Å². The summed E-state index contributed by atoms with van der Waals surface area (Å²) in [6.45, 7) is 1.88. The zero-order chi connectivity index (χ0) is 16.2. The summed E-state index contributed by atoms with van der Waals surface area (Å²) in [7, 11) is 5.06. The van der Waals surface area contributed by atoms with Crippen LogP contribution in [0.2, 0.25) is 5.02 Å². The maximum atomic E-state index is 12.2. The van der Waals surface area contributed by atoms with Crippen LogP contribution < -0.4 is 11.1 Å². The van der Waals surface area contributed by atoms with E-state index in [1.165, 1.54) is 4.90 Å². The number of halogens is 1. The number of nitrogens with zero attached hydrogens (tertiary/aromatic N) is 2. The molecule has 0 fully saturated rings. The quantitative estimate of drug-likeness (QED) is 0.803. The van der Waals surface area contributed by atoms with Crippen molar-refractivity contribution in [2.45, 2.75) is 13.0 Å². The largest absolute Gasteiger partial charge is 0.397 e. The molecular weight excluding hydrogens is 292 g/mol. The summed E-state index contributed by atoms with van der Waals surface area (Å²) < 4.78 is 0. The topological polar surface area (TPSA) is 78.7 Å². The van der Waals surface area contributed by atoms with Gasteiger partial charge in [0.15, 0.2) is 0 Å². The van der Waals surface area contributed by atoms with Gasteiger partial charge >= 0.3 is 0 Å². The first-order valence-electron chi connectivity index (χ1n) is 6.48. The summed E-state index contributed by atoms with van der Waals surface area (Å²) >= 11 is 5.88. The third kappa shape index (κ3) is 4.91. The maximum absolute atomic E-state index is 12.2. The molecule has 116 valence electrons. The molecule has 7 heteroatoms. The Kier molecular flexibility index (Phi) is 5.99. The number of anilines is 2. The van der Waals surface area contributed by atoms with Crippen molar-refractivity contribution in [2.24, 2.45) is 0 Å². The van der Waals surface area contributed by atoms with Crippen LogP contribution >= 0.6 is 11.6 Å². The lowest BCUT2D eigenvalue weighted by Crippen LogP contribution is -2.44. The average molecular weight is 313 g/mol. The fraction of sp³-hybridized carbons (Fsp3) is 0.429. The van der Waals surface area contributed by atoms with Crippen LogP contribution in [0, 0.1) is 0 Å². The number of hydrogen-bond donors (Lipinski definition) is 2. The lowest BCUT2D eigenvalue weighted by Gasteiger charge is -2.24. The van der Waals surface area contributed by atoms with Crippen LogP contribution in [0.5, 0.6) is 0 Å². The van der Waals surface area contributed by atoms with Crippen LogP contribution in [0.25, 0.3) is 0 Å². The molecule has 21 heavy (non-hydrogen) atoms. The molecule has 1 rings (SSSR count). The molecule has 6 nitrogen and oxygen atoms in total. The highest BCUT2D eigenvalue weighted by molar-refractivity contribution is 6.31. The first-order valence-corrected chi connectivity index (χ1v) is 6.86. The van der Waals surface area contributed by atoms with Crippen molar-refractivity contribution in [3.8, 4) is 0 Å². The molecule has 0 bridgehead atoms. The van der Waals surface area contributed by atoms with Gasteiger partial charge in [0.1, 0.15) is 0 Å². The monoisotopic (exact) mass is 312 g/mol. The van der Waals surface area contributed by atoms with Crippen molar-refractivity contribution < 1.29 is 9.59 Å². The molecule has 3 N–H and O–H groups in total. The number of nitrogens with two attached hydrogens (primary N) is 1. The molecule has 0 heterocycles. The first kappa shape index (κ1) is 17.3. The number of carbonyl (C=O) groups excluding carboxylic acids is 2. The Morgan fingerprint density at radius 2 is 1.95 bits per heavy atom. The lowest BCUT2D eigenvalue weighted by molar-refractivity contribution is -0.131. The second-order valence-corrected chi connectivity index (χ2v) is 5.54. The van der Waals surface area contributed by atoms with Gasteiger partial charge in [-0.15, -0.1) is 0 Å². The van der Waals surface area contributed by atoms with E-state index in [9.17, 15) is 9.59 Å². The van der Waals surface area contributed by atoms with Crippen LogP contribution in [-0.4, -0.2) is 55.3 Å². The SMILES string of the molecule is CC(C(=O)Nc1cc(Cl)ccc1N)N(C)CC(=O)N(C)C. The van der Waals surface area contributed by atoms with E-state index in [0.717, 1.165) is 0 Å². The van der Waals surface area contributed by atoms with Crippen LogP contribution in [0.15, 0.2) is 18.2 Å². The molecule has 0 saturated carbocycles. The van der Waals surface area contributed by atoms with Gasteiger partial charge in [-0.05, 0) is 32.2 Å². The lowest BCUT2D eigenvalue weighted by atomic mass is 10.2. The summed E-state index contributed by atoms with van der Waals surface area (Å²) in [4.78, 5) is 27.0. The molecule has 1 aromatic carbocycles. The highest BCUT2D eigenvalue weighted by Gasteiger charge is 2.21. The smallest absolute Gasteiger partial charge is 0.241 e. The molecule has 0 aliphatic heterocycles. The highest BCUT2D eigenvalue weighted by atomic mass is 35.5. The first-order chi connectivity index (χ1) is 9.72. The van der Waals surface area contributed by atoms with E-state index in [1.54, 1.807) is 51.2 Å². The summed E-state index contributed by atoms with van der Waals surface area (Å²) in [5, 5.41) is 3.21. The number of benzene rings is 1. The zero-order valence-electron chi connectivity index (χ0n) is 12.7. The number of nitrogens with one attached hydrogen (secondary N) is 1.